The van der Waals surface area contributed by atoms with E-state index in [-0.39, 0.29) is 17.2 Å². The molecule has 2 rings (SSSR count). The molecule has 0 aliphatic rings. The van der Waals surface area contributed by atoms with Gasteiger partial charge in [0.05, 0.1) is 0 Å². The Hall–Kier alpha value is -2.05. The summed E-state index contributed by atoms with van der Waals surface area (Å²) in [7, 11) is 1.66. The van der Waals surface area contributed by atoms with Crippen LogP contribution in [0.5, 0.6) is 0 Å². The Balaban J connectivity index is 3.12. The molecule has 2 N–H and O–H groups in total. The Bertz CT molecular complexity index is 691. The van der Waals surface area contributed by atoms with Crippen molar-refractivity contribution in [3.05, 3.63) is 20.8 Å². The molecule has 0 bridgehead atoms. The Morgan fingerprint density at radius 2 is 1.76 bits per heavy atom. The summed E-state index contributed by atoms with van der Waals surface area (Å²) < 4.78 is 4.15. The lowest BCUT2D eigenvalue weighted by Gasteiger charge is -2.07. The van der Waals surface area contributed by atoms with Crippen molar-refractivity contribution < 1.29 is 0 Å². The minimum Gasteiger partial charge on any atom is -0.369 e. The SMILES string of the molecule is CCn1c(=O)c2c(nc(N)n2C)n(CC)c1=O. The van der Waals surface area contributed by atoms with Crippen LogP contribution in [0.1, 0.15) is 13.8 Å². The second-order valence-corrected chi connectivity index (χ2v) is 3.78. The second-order valence-electron chi connectivity index (χ2n) is 3.78. The summed E-state index contributed by atoms with van der Waals surface area (Å²) in [5, 5.41) is 0. The van der Waals surface area contributed by atoms with Crippen molar-refractivity contribution in [1.29, 1.82) is 0 Å². The van der Waals surface area contributed by atoms with Gasteiger partial charge in [0.1, 0.15) is 0 Å². The number of nitrogen functional groups attached to an aromatic ring is 1. The first-order valence-corrected chi connectivity index (χ1v) is 5.48. The molecule has 0 spiro atoms. The van der Waals surface area contributed by atoms with Gasteiger partial charge in [-0.05, 0) is 13.8 Å². The number of fused-ring (bicyclic) bond motifs is 1. The van der Waals surface area contributed by atoms with Gasteiger partial charge in [-0.2, -0.15) is 4.98 Å². The topological polar surface area (TPSA) is 87.8 Å². The van der Waals surface area contributed by atoms with E-state index < -0.39 is 0 Å². The normalized spacial score (nSPS) is 11.2. The molecule has 17 heavy (non-hydrogen) atoms. The number of hydrogen-bond acceptors (Lipinski definition) is 4. The van der Waals surface area contributed by atoms with Crippen molar-refractivity contribution in [2.24, 2.45) is 7.05 Å². The Morgan fingerprint density at radius 1 is 1.18 bits per heavy atom. The molecule has 92 valence electrons. The van der Waals surface area contributed by atoms with Crippen molar-refractivity contribution in [3.63, 3.8) is 0 Å². The molecule has 0 saturated carbocycles. The minimum atomic E-state index is -0.344. The van der Waals surface area contributed by atoms with Crippen molar-refractivity contribution >= 4 is 17.1 Å². The van der Waals surface area contributed by atoms with E-state index in [0.717, 1.165) is 0 Å². The number of anilines is 1. The molecule has 0 radical (unpaired) electrons. The van der Waals surface area contributed by atoms with E-state index in [1.54, 1.807) is 14.0 Å². The van der Waals surface area contributed by atoms with Gasteiger partial charge >= 0.3 is 5.69 Å². The Kier molecular flexibility index (Phi) is 2.53. The quantitative estimate of drug-likeness (QED) is 0.764. The zero-order valence-corrected chi connectivity index (χ0v) is 10.1. The van der Waals surface area contributed by atoms with Gasteiger partial charge in [-0.15, -0.1) is 0 Å². The van der Waals surface area contributed by atoms with E-state index in [1.165, 1.54) is 13.7 Å². The van der Waals surface area contributed by atoms with Crippen molar-refractivity contribution in [1.82, 2.24) is 18.7 Å². The lowest BCUT2D eigenvalue weighted by molar-refractivity contribution is 0.604. The zero-order valence-electron chi connectivity index (χ0n) is 10.1. The largest absolute Gasteiger partial charge is 0.369 e. The molecule has 2 aromatic heterocycles. The molecule has 7 heteroatoms. The summed E-state index contributed by atoms with van der Waals surface area (Å²) >= 11 is 0. The van der Waals surface area contributed by atoms with Crippen molar-refractivity contribution in [2.45, 2.75) is 26.9 Å². The smallest absolute Gasteiger partial charge is 0.332 e. The van der Waals surface area contributed by atoms with Gasteiger partial charge in [0.25, 0.3) is 5.56 Å². The third kappa shape index (κ3) is 1.38. The molecular weight excluding hydrogens is 222 g/mol. The predicted octanol–water partition coefficient (Wildman–Crippen LogP) is -0.481. The third-order valence-electron chi connectivity index (χ3n) is 2.91. The lowest BCUT2D eigenvalue weighted by atomic mass is 10.4. The first-order chi connectivity index (χ1) is 8.02. The summed E-state index contributed by atoms with van der Waals surface area (Å²) in [4.78, 5) is 28.2. The number of hydrogen-bond donors (Lipinski definition) is 1. The maximum absolute atomic E-state index is 12.1. The van der Waals surface area contributed by atoms with E-state index >= 15 is 0 Å². The molecular formula is C10H15N5O2. The standard InChI is InChI=1S/C10H15N5O2/c1-4-14-7-6(13(3)9(11)12-7)8(16)15(5-2)10(14)17/h4-5H2,1-3H3,(H2,11,12). The van der Waals surface area contributed by atoms with Gasteiger partial charge < -0.3 is 10.3 Å². The molecule has 0 aromatic carbocycles. The van der Waals surface area contributed by atoms with E-state index in [1.807, 2.05) is 6.92 Å². The molecule has 0 aliphatic heterocycles. The molecule has 0 amide bonds. The van der Waals surface area contributed by atoms with Crippen LogP contribution in [0.3, 0.4) is 0 Å². The van der Waals surface area contributed by atoms with Crippen LogP contribution in [0.25, 0.3) is 11.2 Å². The molecule has 2 aromatic rings. The Labute approximate surface area is 97.1 Å². The number of nitrogens with zero attached hydrogens (tertiary/aromatic N) is 4. The number of rotatable bonds is 2. The number of imidazole rings is 1. The number of aryl methyl sites for hydroxylation is 2. The van der Waals surface area contributed by atoms with Crippen LogP contribution >= 0.6 is 0 Å². The lowest BCUT2D eigenvalue weighted by Crippen LogP contribution is -2.39. The summed E-state index contributed by atoms with van der Waals surface area (Å²) in [6, 6.07) is 0. The van der Waals surface area contributed by atoms with Gasteiger partial charge in [0.2, 0.25) is 5.95 Å². The van der Waals surface area contributed by atoms with Crippen LogP contribution in [0.2, 0.25) is 0 Å². The summed E-state index contributed by atoms with van der Waals surface area (Å²) in [6.45, 7) is 4.37. The zero-order chi connectivity index (χ0) is 12.7. The third-order valence-corrected chi connectivity index (χ3v) is 2.91. The van der Waals surface area contributed by atoms with E-state index in [9.17, 15) is 9.59 Å². The molecule has 0 aliphatic carbocycles. The van der Waals surface area contributed by atoms with Crippen LogP contribution in [-0.2, 0) is 20.1 Å². The summed E-state index contributed by atoms with van der Waals surface area (Å²) in [5.41, 5.74) is 5.71. The predicted molar refractivity (Wildman–Crippen MR) is 65.0 cm³/mol. The van der Waals surface area contributed by atoms with Gasteiger partial charge in [0.15, 0.2) is 11.2 Å². The number of nitrogens with two attached hydrogens (primary N) is 1. The van der Waals surface area contributed by atoms with Crippen LogP contribution in [-0.4, -0.2) is 18.7 Å². The fraction of sp³-hybridized carbons (Fsp3) is 0.500. The molecule has 0 atom stereocenters. The first kappa shape index (κ1) is 11.4. The minimum absolute atomic E-state index is 0.229. The first-order valence-electron chi connectivity index (χ1n) is 5.48. The Morgan fingerprint density at radius 3 is 2.29 bits per heavy atom. The monoisotopic (exact) mass is 237 g/mol. The maximum atomic E-state index is 12.1. The van der Waals surface area contributed by atoms with E-state index in [2.05, 4.69) is 4.98 Å². The van der Waals surface area contributed by atoms with Crippen LogP contribution in [0, 0.1) is 0 Å². The highest BCUT2D eigenvalue weighted by atomic mass is 16.2. The summed E-state index contributed by atoms with van der Waals surface area (Å²) in [5.74, 6) is 0.229. The van der Waals surface area contributed by atoms with Gasteiger partial charge in [-0.3, -0.25) is 13.9 Å². The summed E-state index contributed by atoms with van der Waals surface area (Å²) in [6.07, 6.45) is 0. The average Bonchev–Trinajstić information content (AvgIpc) is 2.57. The highest BCUT2D eigenvalue weighted by molar-refractivity contribution is 5.73. The number of aromatic nitrogens is 4. The molecule has 0 saturated heterocycles. The average molecular weight is 237 g/mol. The fourth-order valence-electron chi connectivity index (χ4n) is 1.94. The van der Waals surface area contributed by atoms with Crippen molar-refractivity contribution in [2.75, 3.05) is 5.73 Å². The molecule has 7 nitrogen and oxygen atoms in total. The molecule has 0 unspecified atom stereocenters. The van der Waals surface area contributed by atoms with Gasteiger partial charge in [-0.25, -0.2) is 4.79 Å². The highest BCUT2D eigenvalue weighted by Crippen LogP contribution is 2.10. The van der Waals surface area contributed by atoms with Crippen LogP contribution < -0.4 is 17.0 Å². The highest BCUT2D eigenvalue weighted by Gasteiger charge is 2.17. The van der Waals surface area contributed by atoms with E-state index in [0.29, 0.717) is 24.3 Å². The molecule has 0 fully saturated rings. The fourth-order valence-corrected chi connectivity index (χ4v) is 1.94. The second kappa shape index (κ2) is 3.76. The van der Waals surface area contributed by atoms with Gasteiger partial charge in [-0.1, -0.05) is 0 Å². The van der Waals surface area contributed by atoms with Crippen LogP contribution in [0.4, 0.5) is 5.95 Å². The van der Waals surface area contributed by atoms with Crippen LogP contribution in [0.15, 0.2) is 9.59 Å². The van der Waals surface area contributed by atoms with Gasteiger partial charge in [0, 0.05) is 20.1 Å². The van der Waals surface area contributed by atoms with E-state index in [4.69, 9.17) is 5.73 Å². The molecule has 2 heterocycles. The van der Waals surface area contributed by atoms with Crippen molar-refractivity contribution in [3.8, 4) is 0 Å². The maximum Gasteiger partial charge on any atom is 0.332 e.